The molecule has 238 valence electrons. The topological polar surface area (TPSA) is 127 Å². The van der Waals surface area contributed by atoms with Crippen LogP contribution < -0.4 is 20.1 Å². The summed E-state index contributed by atoms with van der Waals surface area (Å²) in [6.45, 7) is 5.21. The number of amides is 2. The molecule has 13 heteroatoms. The van der Waals surface area contributed by atoms with Crippen LogP contribution in [0.2, 0.25) is 0 Å². The highest BCUT2D eigenvalue weighted by Crippen LogP contribution is 2.40. The largest absolute Gasteiger partial charge is 0.496 e. The molecule has 0 unspecified atom stereocenters. The second-order valence-electron chi connectivity index (χ2n) is 12.5. The Balaban J connectivity index is 1.79. The van der Waals surface area contributed by atoms with E-state index in [9.17, 15) is 32.8 Å². The molecule has 1 aromatic carbocycles. The van der Waals surface area contributed by atoms with Crippen LogP contribution in [-0.4, -0.2) is 49.8 Å². The minimum absolute atomic E-state index is 0.0979. The van der Waals surface area contributed by atoms with Gasteiger partial charge in [0, 0.05) is 18.7 Å². The zero-order valence-electron chi connectivity index (χ0n) is 25.0. The third-order valence-corrected chi connectivity index (χ3v) is 9.29. The first kappa shape index (κ1) is 34.7. The van der Waals surface area contributed by atoms with Crippen molar-refractivity contribution in [3.05, 3.63) is 23.3 Å². The molecule has 2 amide bonds. The average molecular weight is 722 g/mol. The summed E-state index contributed by atoms with van der Waals surface area (Å²) >= 11 is 1.58. The molecular weight excluding hydrogens is 682 g/mol. The van der Waals surface area contributed by atoms with Gasteiger partial charge < -0.3 is 23.2 Å². The Kier molecular flexibility index (Phi) is 11.2. The van der Waals surface area contributed by atoms with E-state index in [1.54, 1.807) is 23.0 Å². The summed E-state index contributed by atoms with van der Waals surface area (Å²) in [5.74, 6) is -1.89. The van der Waals surface area contributed by atoms with Gasteiger partial charge in [-0.2, -0.15) is 18.4 Å². The van der Waals surface area contributed by atoms with E-state index < -0.39 is 47.3 Å². The van der Waals surface area contributed by atoms with Crippen molar-refractivity contribution < 1.29 is 40.1 Å². The molecule has 3 rings (SSSR count). The Morgan fingerprint density at radius 1 is 1.12 bits per heavy atom. The molecule has 2 fully saturated rings. The Morgan fingerprint density at radius 3 is 2.33 bits per heavy atom. The number of nitrogens with zero attached hydrogens (tertiary/aromatic N) is 1. The number of benzene rings is 1. The molecular formula is C30H39F3IN3O6. The molecule has 2 aliphatic carbocycles. The first-order valence-electron chi connectivity index (χ1n) is 14.3. The zero-order valence-corrected chi connectivity index (χ0v) is 27.2. The van der Waals surface area contributed by atoms with Crippen LogP contribution >= 0.6 is 23.0 Å². The van der Waals surface area contributed by atoms with E-state index in [2.05, 4.69) is 16.7 Å². The fourth-order valence-electron chi connectivity index (χ4n) is 5.64. The molecule has 9 nitrogen and oxygen atoms in total. The molecule has 2 aliphatic rings. The highest BCUT2D eigenvalue weighted by Gasteiger charge is 2.48. The zero-order chi connectivity index (χ0) is 32.2. The van der Waals surface area contributed by atoms with Crippen molar-refractivity contribution in [1.82, 2.24) is 10.6 Å². The number of carbonyl (C=O) groups is 3. The summed E-state index contributed by atoms with van der Waals surface area (Å²) in [6.07, 6.45) is -0.780. The average Bonchev–Trinajstić information content (AvgIpc) is 2.96. The summed E-state index contributed by atoms with van der Waals surface area (Å²) < 4.78 is 56.5. The minimum Gasteiger partial charge on any atom is -0.496 e. The van der Waals surface area contributed by atoms with Crippen LogP contribution in [0.25, 0.3) is 0 Å². The van der Waals surface area contributed by atoms with Gasteiger partial charge in [-0.3, -0.25) is 14.4 Å². The number of nitriles is 1. The monoisotopic (exact) mass is 721 g/mol. The fourth-order valence-corrected chi connectivity index (χ4v) is 6.17. The number of carbonyl (C=O) groups excluding carboxylic acids is 3. The van der Waals surface area contributed by atoms with Crippen LogP contribution in [0.3, 0.4) is 0 Å². The maximum absolute atomic E-state index is 13.6. The quantitative estimate of drug-likeness (QED) is 0.299. The van der Waals surface area contributed by atoms with E-state index in [1.165, 1.54) is 19.2 Å². The molecule has 43 heavy (non-hydrogen) atoms. The van der Waals surface area contributed by atoms with Crippen LogP contribution in [0.4, 0.5) is 13.2 Å². The van der Waals surface area contributed by atoms with E-state index in [-0.39, 0.29) is 40.6 Å². The lowest BCUT2D eigenvalue weighted by Gasteiger charge is -2.37. The summed E-state index contributed by atoms with van der Waals surface area (Å²) in [4.78, 5) is 38.9. The van der Waals surface area contributed by atoms with Gasteiger partial charge in [-0.05, 0) is 71.3 Å². The number of rotatable bonds is 9. The van der Waals surface area contributed by atoms with Gasteiger partial charge in [-0.1, -0.05) is 13.3 Å². The van der Waals surface area contributed by atoms with Gasteiger partial charge >= 0.3 is 12.1 Å². The summed E-state index contributed by atoms with van der Waals surface area (Å²) in [5.41, 5.74) is -2.46. The number of ether oxygens (including phenoxy) is 2. The molecule has 0 saturated heterocycles. The SMILES string of the molecule is COc1cc(C#N)c(O[C@H]2CC[C@@](C)(C(=O)OI)CC2)cc1C(=O)N[C@H]1[C@@H](C(=O)NCC(C)(C)C(F)(F)F)CCC[C@@H]1C. The van der Waals surface area contributed by atoms with Crippen molar-refractivity contribution in [3.63, 3.8) is 0 Å². The number of hydrogen-bond donors (Lipinski definition) is 2. The van der Waals surface area contributed by atoms with Crippen LogP contribution in [0.15, 0.2) is 12.1 Å². The van der Waals surface area contributed by atoms with Crippen molar-refractivity contribution in [2.45, 2.75) is 91.0 Å². The van der Waals surface area contributed by atoms with Gasteiger partial charge in [0.1, 0.15) is 17.6 Å². The maximum Gasteiger partial charge on any atom is 0.395 e. The van der Waals surface area contributed by atoms with Crippen molar-refractivity contribution in [2.75, 3.05) is 13.7 Å². The standard InChI is InChI=1S/C30H39F3IN3O6/c1-17-7-6-8-20(25(38)36-16-28(2,3)30(31,32)33)24(17)37-26(39)21-14-22(18(15-35)13-23(21)41-5)42-19-9-11-29(4,12-10-19)27(40)43-34/h13-14,17,19-20,24H,6-12,16H2,1-5H3,(H,36,38)(H,37,39)/t17-,19-,20-,24+,29+/m0/s1. The van der Waals surface area contributed by atoms with Crippen molar-refractivity contribution in [1.29, 1.82) is 5.26 Å². The van der Waals surface area contributed by atoms with Gasteiger partial charge in [0.2, 0.25) is 5.91 Å². The maximum atomic E-state index is 13.6. The predicted octanol–water partition coefficient (Wildman–Crippen LogP) is 6.03. The second-order valence-corrected chi connectivity index (χ2v) is 13.0. The van der Waals surface area contributed by atoms with Gasteiger partial charge in [0.15, 0.2) is 23.0 Å². The highest BCUT2D eigenvalue weighted by molar-refractivity contribution is 14.1. The second kappa shape index (κ2) is 13.9. The molecule has 0 heterocycles. The number of alkyl halides is 3. The molecule has 0 aliphatic heterocycles. The third kappa shape index (κ3) is 8.05. The molecule has 0 radical (unpaired) electrons. The Morgan fingerprint density at radius 2 is 1.77 bits per heavy atom. The molecule has 0 bridgehead atoms. The number of nitrogens with one attached hydrogen (secondary N) is 2. The molecule has 0 aromatic heterocycles. The van der Waals surface area contributed by atoms with Crippen LogP contribution in [-0.2, 0) is 12.7 Å². The number of hydrogen-bond acceptors (Lipinski definition) is 7. The Bertz CT molecular complexity index is 1240. The minimum atomic E-state index is -4.49. The molecule has 1 aromatic rings. The fraction of sp³-hybridized carbons (Fsp3) is 0.667. The van der Waals surface area contributed by atoms with E-state index >= 15 is 0 Å². The lowest BCUT2D eigenvalue weighted by atomic mass is 9.75. The smallest absolute Gasteiger partial charge is 0.395 e. The lowest BCUT2D eigenvalue weighted by Crippen LogP contribution is -2.53. The van der Waals surface area contributed by atoms with Crippen molar-refractivity contribution >= 4 is 40.8 Å². The van der Waals surface area contributed by atoms with Crippen LogP contribution in [0.1, 0.15) is 88.6 Å². The molecule has 2 saturated carbocycles. The summed E-state index contributed by atoms with van der Waals surface area (Å²) in [7, 11) is 1.36. The number of methoxy groups -OCH3 is 1. The van der Waals surface area contributed by atoms with Crippen molar-refractivity contribution in [2.24, 2.45) is 22.7 Å². The highest BCUT2D eigenvalue weighted by atomic mass is 127. The molecule has 2 N–H and O–H groups in total. The number of halogens is 4. The van der Waals surface area contributed by atoms with Gasteiger partial charge in [0.25, 0.3) is 5.91 Å². The predicted molar refractivity (Wildman–Crippen MR) is 159 cm³/mol. The molecule has 0 spiro atoms. The third-order valence-electron chi connectivity index (χ3n) is 8.89. The van der Waals surface area contributed by atoms with E-state index in [0.717, 1.165) is 20.3 Å². The summed E-state index contributed by atoms with van der Waals surface area (Å²) in [6, 6.07) is 4.29. The lowest BCUT2D eigenvalue weighted by molar-refractivity contribution is -0.209. The summed E-state index contributed by atoms with van der Waals surface area (Å²) in [5, 5.41) is 15.1. The first-order chi connectivity index (χ1) is 20.1. The van der Waals surface area contributed by atoms with E-state index in [0.29, 0.717) is 38.5 Å². The van der Waals surface area contributed by atoms with Gasteiger partial charge in [-0.15, -0.1) is 0 Å². The molecule has 3 atom stereocenters. The first-order valence-corrected chi connectivity index (χ1v) is 15.2. The Labute approximate surface area is 264 Å². The van der Waals surface area contributed by atoms with E-state index in [1.807, 2.05) is 13.8 Å². The van der Waals surface area contributed by atoms with Crippen LogP contribution in [0.5, 0.6) is 11.5 Å². The van der Waals surface area contributed by atoms with Crippen molar-refractivity contribution in [3.8, 4) is 17.6 Å². The normalized spacial score (nSPS) is 26.0. The van der Waals surface area contributed by atoms with Crippen LogP contribution in [0, 0.1) is 34.0 Å². The van der Waals surface area contributed by atoms with Gasteiger partial charge in [0.05, 0.1) is 41.1 Å². The van der Waals surface area contributed by atoms with Gasteiger partial charge in [-0.25, -0.2) is 0 Å². The van der Waals surface area contributed by atoms with E-state index in [4.69, 9.17) is 12.5 Å². The Hall–Kier alpha value is -2.76.